The van der Waals surface area contributed by atoms with Crippen LogP contribution in [0.25, 0.3) is 0 Å². The van der Waals surface area contributed by atoms with Gasteiger partial charge in [-0.15, -0.1) is 0 Å². The number of rotatable bonds is 30. The van der Waals surface area contributed by atoms with E-state index >= 15 is 52.7 Å². The molecular weight excluding hydrogens is 2050 g/mol. The highest BCUT2D eigenvalue weighted by atomic mass is 32.2. The molecule has 0 radical (unpaired) electrons. The Morgan fingerprint density at radius 2 is 0.236 bits per heavy atom. The van der Waals surface area contributed by atoms with Crippen molar-refractivity contribution in [1.82, 2.24) is 0 Å². The van der Waals surface area contributed by atoms with E-state index in [1.54, 1.807) is 0 Å². The Morgan fingerprint density at radius 3 is 0.309 bits per heavy atom. The van der Waals surface area contributed by atoms with Crippen LogP contribution in [0.4, 0.5) is 237 Å². The third-order valence-electron chi connectivity index (χ3n) is 14.7. The van der Waals surface area contributed by atoms with E-state index in [1.807, 2.05) is 0 Å². The second kappa shape index (κ2) is 29.5. The third kappa shape index (κ3) is 16.2. The van der Waals surface area contributed by atoms with Crippen LogP contribution in [0.15, 0.2) is 36.4 Å². The van der Waals surface area contributed by atoms with Crippen LogP contribution in [0.2, 0.25) is 0 Å². The number of fused-ring (bicyclic) bond motifs is 3. The van der Waals surface area contributed by atoms with Crippen LogP contribution in [0.1, 0.15) is 33.4 Å². The lowest BCUT2D eigenvalue weighted by atomic mass is 9.94. The van der Waals surface area contributed by atoms with Gasteiger partial charge < -0.3 is 25.1 Å². The molecule has 0 amide bonds. The van der Waals surface area contributed by atoms with Crippen molar-refractivity contribution in [3.63, 3.8) is 0 Å². The first-order valence-corrected chi connectivity index (χ1v) is 35.7. The molecule has 0 atom stereocenters. The minimum atomic E-state index is -9.55. The molecule has 123 heavy (non-hydrogen) atoms. The highest BCUT2D eigenvalue weighted by Gasteiger charge is 2.92. The first kappa shape index (κ1) is 108. The zero-order valence-corrected chi connectivity index (χ0v) is 58.7. The smallest absolute Gasteiger partial charge is 0.374 e. The number of hydrogen-bond donors (Lipinski definition) is 0. The Kier molecular flexibility index (Phi) is 25.8. The van der Waals surface area contributed by atoms with Crippen molar-refractivity contribution in [2.24, 2.45) is 0 Å². The van der Waals surface area contributed by atoms with E-state index < -0.39 is 324 Å². The number of benzene rings is 3. The summed E-state index contributed by atoms with van der Waals surface area (Å²) in [5, 5.41) is -53.3. The second-order valence-corrected chi connectivity index (χ2v) is 32.5. The Balaban J connectivity index is 2.71. The zero-order chi connectivity index (χ0) is 98.5. The van der Waals surface area contributed by atoms with Gasteiger partial charge in [0.15, 0.2) is 34.5 Å². The van der Waals surface area contributed by atoms with Crippen molar-refractivity contribution in [2.75, 3.05) is 0 Å². The molecule has 18 nitrogen and oxygen atoms in total. The second-order valence-electron chi connectivity index (χ2n) is 22.9. The predicted molar refractivity (Wildman–Crippen MR) is 270 cm³/mol. The topological polar surface area (TPSA) is 260 Å². The van der Waals surface area contributed by atoms with Crippen LogP contribution in [0, 0.1) is 0 Å². The standard InChI is InChI=1S/C45H12F54O18S6/c46-22(47,34(70,71)72)28(58,59)40(88,89)118(100,101)112-16-4-10-1-11-5-17(113-119(102,103)41(90,91)29(60,61)23(48,49)35(73,74)75)19(115-121(106,107)43(94,95)31(64,65)25(52,53)37(79,80)81)7-13(11)3-15-9-21(117-123(110,111)45(98,99)33(68,69)27(56,57)39(85,86)87)20(116-122(108,109)44(96,97)32(66,67)26(54,55)38(82,83)84)8-14(15)2-12(10)6-18(16)114-120(104,105)42(92,93)30(62,63)24(50,51)36(76,77)78/h4-9H,1-3H2. The molecule has 3 aromatic carbocycles. The van der Waals surface area contributed by atoms with Crippen LogP contribution in [-0.4, -0.2) is 190 Å². The minimum absolute atomic E-state index is 1.76. The summed E-state index contributed by atoms with van der Waals surface area (Å²) in [5.74, 6) is -132. The molecule has 0 aromatic heterocycles. The van der Waals surface area contributed by atoms with E-state index in [-0.39, 0.29) is 0 Å². The molecule has 0 spiro atoms. The number of hydrogen-bond acceptors (Lipinski definition) is 18. The Bertz CT molecular complexity index is 4470. The van der Waals surface area contributed by atoms with Gasteiger partial charge in [-0.1, -0.05) is 0 Å². The van der Waals surface area contributed by atoms with Crippen LogP contribution >= 0.6 is 0 Å². The summed E-state index contributed by atoms with van der Waals surface area (Å²) < 4.78 is 939. The summed E-state index contributed by atoms with van der Waals surface area (Å²) in [6.45, 7) is 0. The molecule has 0 N–H and O–H groups in total. The zero-order valence-electron chi connectivity index (χ0n) is 53.8. The van der Waals surface area contributed by atoms with Crippen LogP contribution < -0.4 is 25.1 Å². The van der Waals surface area contributed by atoms with Gasteiger partial charge in [0.2, 0.25) is 0 Å². The molecule has 714 valence electrons. The van der Waals surface area contributed by atoms with Crippen molar-refractivity contribution in [3.8, 4) is 34.5 Å². The van der Waals surface area contributed by atoms with Gasteiger partial charge in [0.25, 0.3) is 0 Å². The number of alkyl halides is 54. The molecule has 0 saturated carbocycles. The van der Waals surface area contributed by atoms with Crippen molar-refractivity contribution in [1.29, 1.82) is 0 Å². The van der Waals surface area contributed by atoms with Crippen molar-refractivity contribution >= 4 is 60.7 Å². The van der Waals surface area contributed by atoms with Gasteiger partial charge in [0, 0.05) is 0 Å². The lowest BCUT2D eigenvalue weighted by Gasteiger charge is -2.33. The Morgan fingerprint density at radius 1 is 0.154 bits per heavy atom. The van der Waals surface area contributed by atoms with Crippen molar-refractivity contribution in [2.45, 2.75) is 159 Å². The fraction of sp³-hybridized carbons (Fsp3) is 0.600. The van der Waals surface area contributed by atoms with Gasteiger partial charge in [-0.2, -0.15) is 288 Å². The fourth-order valence-electron chi connectivity index (χ4n) is 8.06. The summed E-state index contributed by atoms with van der Waals surface area (Å²) in [7, 11) is -57.3. The van der Waals surface area contributed by atoms with Gasteiger partial charge >= 0.3 is 200 Å². The molecule has 1 aliphatic carbocycles. The molecule has 0 heterocycles. The molecule has 3 aromatic rings. The highest BCUT2D eigenvalue weighted by molar-refractivity contribution is 7.89. The summed E-state index contributed by atoms with van der Waals surface area (Å²) in [6.07, 6.45) is -60.3. The summed E-state index contributed by atoms with van der Waals surface area (Å²) in [6, 6.07) is -10.6. The first-order valence-electron chi connectivity index (χ1n) is 27.2. The fourth-order valence-corrected chi connectivity index (χ4v) is 13.5. The maximum atomic E-state index is 15.3. The molecule has 0 bridgehead atoms. The van der Waals surface area contributed by atoms with Crippen LogP contribution in [-0.2, 0) is 80.0 Å². The predicted octanol–water partition coefficient (Wildman–Crippen LogP) is 17.6. The molecule has 78 heteroatoms. The molecule has 1 aliphatic rings. The maximum Gasteiger partial charge on any atom is 0.460 e. The van der Waals surface area contributed by atoms with Crippen LogP contribution in [0.5, 0.6) is 34.5 Å². The Labute approximate surface area is 635 Å². The van der Waals surface area contributed by atoms with E-state index in [4.69, 9.17) is 0 Å². The van der Waals surface area contributed by atoms with Crippen molar-refractivity contribution in [3.05, 3.63) is 69.8 Å². The van der Waals surface area contributed by atoms with Gasteiger partial charge in [-0.05, 0) is 89.0 Å². The summed E-state index contributed by atoms with van der Waals surface area (Å²) in [5.41, 5.74) is -16.8. The molecule has 0 unspecified atom stereocenters. The maximum absolute atomic E-state index is 15.3. The van der Waals surface area contributed by atoms with E-state index in [9.17, 15) is 235 Å². The minimum Gasteiger partial charge on any atom is -0.374 e. The summed E-state index contributed by atoms with van der Waals surface area (Å²) >= 11 is 0. The monoisotopic (exact) mass is 2060 g/mol. The van der Waals surface area contributed by atoms with E-state index in [2.05, 4.69) is 25.1 Å². The summed E-state index contributed by atoms with van der Waals surface area (Å²) in [4.78, 5) is 0. The molecular formula is C45H12F54O18S6. The van der Waals surface area contributed by atoms with E-state index in [0.717, 1.165) is 0 Å². The first-order chi connectivity index (χ1) is 52.9. The lowest BCUT2D eigenvalue weighted by Crippen LogP contribution is -2.64. The molecule has 0 saturated heterocycles. The highest BCUT2D eigenvalue weighted by Crippen LogP contribution is 2.64. The largest absolute Gasteiger partial charge is 0.460 e. The van der Waals surface area contributed by atoms with E-state index in [0.29, 0.717) is 0 Å². The average molecular weight is 2060 g/mol. The van der Waals surface area contributed by atoms with Gasteiger partial charge in [-0.3, -0.25) is 0 Å². The van der Waals surface area contributed by atoms with E-state index in [1.165, 1.54) is 0 Å². The molecule has 0 aliphatic heterocycles. The quantitative estimate of drug-likeness (QED) is 0.0347. The average Bonchev–Trinajstić information content (AvgIpc) is 0.853. The number of halogens is 54. The van der Waals surface area contributed by atoms with Gasteiger partial charge in [0.05, 0.1) is 0 Å². The molecule has 4 rings (SSSR count). The lowest BCUT2D eigenvalue weighted by molar-refractivity contribution is -0.382. The Hall–Kier alpha value is -7.62. The third-order valence-corrected chi connectivity index (χ3v) is 22.4. The van der Waals surface area contributed by atoms with Crippen molar-refractivity contribution < 1.29 is 313 Å². The van der Waals surface area contributed by atoms with Gasteiger partial charge in [-0.25, -0.2) is 0 Å². The molecule has 0 fully saturated rings. The van der Waals surface area contributed by atoms with Crippen LogP contribution in [0.3, 0.4) is 0 Å². The van der Waals surface area contributed by atoms with Gasteiger partial charge in [0.1, 0.15) is 0 Å². The SMILES string of the molecule is O=S(=O)(Oc1cc2c(cc1OS(=O)(=O)C(F)(F)C(F)(F)C(F)(F)C(F)(F)F)Cc1cc(OS(=O)(=O)C(F)(F)C(F)(F)C(F)(F)C(F)(F)F)c(OS(=O)(=O)C(F)(F)C(F)(F)C(F)(F)C(F)(F)F)cc1Cc1cc(OS(=O)(=O)C(F)(F)C(F)(F)C(F)(F)C(F)(F)F)c(OS(=O)(=O)C(F)(F)C(F)(F)C(F)(F)C(F)(F)F)cc1C2)C(F)(F)C(F)(F)C(F)(F)C(F)(F)F. The normalized spacial score (nSPS) is 16.3.